The maximum atomic E-state index is 4.83. The van der Waals surface area contributed by atoms with Crippen LogP contribution in [0, 0.1) is 6.92 Å². The van der Waals surface area contributed by atoms with Crippen LogP contribution in [-0.4, -0.2) is 0 Å². The van der Waals surface area contributed by atoms with Gasteiger partial charge >= 0.3 is 41.5 Å². The van der Waals surface area contributed by atoms with Crippen LogP contribution in [0.2, 0.25) is 0 Å². The molecule has 0 radical (unpaired) electrons. The molecular weight excluding hydrogens is 513 g/mol. The summed E-state index contributed by atoms with van der Waals surface area (Å²) in [5, 5.41) is 4.31. The van der Waals surface area contributed by atoms with Crippen molar-refractivity contribution in [3.63, 3.8) is 0 Å². The SMILES string of the molecule is Cc1ccccc1C[P+](c1ccccc1)(c1ccccc1)c1ccccc1.[Cl][Cu-]([Cl])[Cl]. The fourth-order valence-corrected chi connectivity index (χ4v) is 8.16. The Balaban J connectivity index is 0.000000628. The zero-order chi connectivity index (χ0) is 22.1. The Labute approximate surface area is 203 Å². The Morgan fingerprint density at radius 2 is 0.871 bits per heavy atom. The van der Waals surface area contributed by atoms with Crippen molar-refractivity contribution < 1.29 is 11.2 Å². The standard InChI is InChI=1S/C26H24P.3ClH.Cu/c1-22-13-11-12-14-23(22)21-27(24-15-5-2-6-16-24,25-17-7-3-8-18-25)26-19-9-4-10-20-26;;;;/h2-20H,21H2,1H3;3*1H;/q+1;;;;+2/p-3. The Kier molecular flexibility index (Phi) is 9.48. The first kappa shape index (κ1) is 24.3. The molecule has 0 aliphatic heterocycles. The molecule has 4 rings (SSSR count). The average Bonchev–Trinajstić information content (AvgIpc) is 2.80. The van der Waals surface area contributed by atoms with Crippen molar-refractivity contribution in [3.8, 4) is 0 Å². The molecule has 0 fully saturated rings. The van der Waals surface area contributed by atoms with E-state index in [1.807, 2.05) is 0 Å². The van der Waals surface area contributed by atoms with Gasteiger partial charge in [-0.25, -0.2) is 0 Å². The summed E-state index contributed by atoms with van der Waals surface area (Å²) in [4.78, 5) is 0. The molecule has 0 saturated carbocycles. The minimum atomic E-state index is -1.80. The molecule has 0 aromatic heterocycles. The minimum absolute atomic E-state index is 0.896. The van der Waals surface area contributed by atoms with Gasteiger partial charge in [0, 0.05) is 0 Å². The molecule has 0 saturated heterocycles. The monoisotopic (exact) mass is 535 g/mol. The molecule has 0 aliphatic carbocycles. The number of aryl methyl sites for hydroxylation is 1. The number of hydrogen-bond acceptors (Lipinski definition) is 0. The van der Waals surface area contributed by atoms with Gasteiger partial charge in [-0.2, -0.15) is 0 Å². The number of benzene rings is 4. The van der Waals surface area contributed by atoms with Crippen LogP contribution in [0.4, 0.5) is 0 Å². The van der Waals surface area contributed by atoms with Crippen molar-refractivity contribution in [2.24, 2.45) is 0 Å². The zero-order valence-corrected chi connectivity index (χ0v) is 21.2. The van der Waals surface area contributed by atoms with E-state index in [1.165, 1.54) is 27.0 Å². The van der Waals surface area contributed by atoms with Crippen molar-refractivity contribution in [2.45, 2.75) is 13.1 Å². The van der Waals surface area contributed by atoms with E-state index in [1.54, 1.807) is 0 Å². The first-order chi connectivity index (χ1) is 15.0. The molecular formula is C26H24Cl3CuP. The second-order valence-electron chi connectivity index (χ2n) is 7.03. The summed E-state index contributed by atoms with van der Waals surface area (Å²) >= 11 is -0.896. The third-order valence-electron chi connectivity index (χ3n) is 5.26. The summed E-state index contributed by atoms with van der Waals surface area (Å²) in [6, 6.07) is 42.1. The van der Waals surface area contributed by atoms with Crippen LogP contribution in [0.15, 0.2) is 115 Å². The Bertz CT molecular complexity index is 958. The van der Waals surface area contributed by atoms with Crippen LogP contribution >= 0.6 is 37.6 Å². The second-order valence-corrected chi connectivity index (χ2v) is 15.2. The van der Waals surface area contributed by atoms with Gasteiger partial charge in [0.25, 0.3) is 0 Å². The molecule has 5 heteroatoms. The predicted molar refractivity (Wildman–Crippen MR) is 138 cm³/mol. The normalized spacial score (nSPS) is 11.3. The quantitative estimate of drug-likeness (QED) is 0.182. The van der Waals surface area contributed by atoms with Crippen molar-refractivity contribution in [1.29, 1.82) is 0 Å². The molecule has 0 nitrogen and oxygen atoms in total. The fourth-order valence-electron chi connectivity index (χ4n) is 3.81. The molecule has 0 bridgehead atoms. The maximum absolute atomic E-state index is 4.83. The van der Waals surface area contributed by atoms with Gasteiger partial charge in [0.15, 0.2) is 0 Å². The molecule has 0 atom stereocenters. The molecule has 4 aromatic rings. The van der Waals surface area contributed by atoms with Crippen LogP contribution in [0.5, 0.6) is 0 Å². The van der Waals surface area contributed by atoms with Crippen molar-refractivity contribution in [2.75, 3.05) is 0 Å². The summed E-state index contributed by atoms with van der Waals surface area (Å²) in [7, 11) is 12.7. The topological polar surface area (TPSA) is 0 Å². The van der Waals surface area contributed by atoms with E-state index in [0.717, 1.165) is 6.16 Å². The van der Waals surface area contributed by atoms with Crippen molar-refractivity contribution >= 4 is 53.5 Å². The van der Waals surface area contributed by atoms with E-state index in [4.69, 9.17) is 30.3 Å². The molecule has 0 N–H and O–H groups in total. The third kappa shape index (κ3) is 6.36. The average molecular weight is 537 g/mol. The Morgan fingerprint density at radius 3 is 1.23 bits per heavy atom. The molecule has 0 aliphatic rings. The van der Waals surface area contributed by atoms with Crippen molar-refractivity contribution in [1.82, 2.24) is 0 Å². The van der Waals surface area contributed by atoms with E-state index in [0.29, 0.717) is 0 Å². The predicted octanol–water partition coefficient (Wildman–Crippen LogP) is 7.56. The molecule has 165 valence electrons. The van der Waals surface area contributed by atoms with Crippen LogP contribution in [0.3, 0.4) is 0 Å². The second kappa shape index (κ2) is 12.1. The van der Waals surface area contributed by atoms with Crippen LogP contribution in [0.1, 0.15) is 11.1 Å². The first-order valence-electron chi connectivity index (χ1n) is 9.74. The molecule has 0 unspecified atom stereocenters. The van der Waals surface area contributed by atoms with Gasteiger partial charge in [-0.15, -0.1) is 0 Å². The van der Waals surface area contributed by atoms with Gasteiger partial charge < -0.3 is 0 Å². The van der Waals surface area contributed by atoms with E-state index in [-0.39, 0.29) is 0 Å². The van der Waals surface area contributed by atoms with Gasteiger partial charge in [0.2, 0.25) is 0 Å². The third-order valence-corrected chi connectivity index (χ3v) is 9.61. The van der Waals surface area contributed by atoms with E-state index < -0.39 is 18.4 Å². The molecule has 0 spiro atoms. The molecule has 4 aromatic carbocycles. The fraction of sp³-hybridized carbons (Fsp3) is 0.0769. The van der Waals surface area contributed by atoms with Crippen molar-refractivity contribution in [3.05, 3.63) is 126 Å². The van der Waals surface area contributed by atoms with Gasteiger partial charge in [-0.05, 0) is 54.4 Å². The molecule has 31 heavy (non-hydrogen) atoms. The van der Waals surface area contributed by atoms with Gasteiger partial charge in [-0.1, -0.05) is 78.9 Å². The number of hydrogen-bond donors (Lipinski definition) is 0. The number of halogens is 3. The van der Waals surface area contributed by atoms with Gasteiger partial charge in [0.05, 0.1) is 6.16 Å². The van der Waals surface area contributed by atoms with Crippen LogP contribution < -0.4 is 15.9 Å². The van der Waals surface area contributed by atoms with Gasteiger partial charge in [-0.3, -0.25) is 0 Å². The summed E-state index contributed by atoms with van der Waals surface area (Å²) in [6.45, 7) is 2.23. The van der Waals surface area contributed by atoms with Gasteiger partial charge in [0.1, 0.15) is 23.2 Å². The Hall–Kier alpha value is -1.30. The number of rotatable bonds is 5. The summed E-state index contributed by atoms with van der Waals surface area (Å²) in [5.74, 6) is 0. The van der Waals surface area contributed by atoms with E-state index in [2.05, 4.69) is 122 Å². The summed E-state index contributed by atoms with van der Waals surface area (Å²) in [5.41, 5.74) is 2.80. The molecule has 0 amide bonds. The first-order valence-corrected chi connectivity index (χ1v) is 15.6. The Morgan fingerprint density at radius 1 is 0.548 bits per heavy atom. The van der Waals surface area contributed by atoms with E-state index in [9.17, 15) is 0 Å². The van der Waals surface area contributed by atoms with Crippen LogP contribution in [-0.2, 0) is 17.3 Å². The van der Waals surface area contributed by atoms with E-state index >= 15 is 0 Å². The summed E-state index contributed by atoms with van der Waals surface area (Å²) in [6.07, 6.45) is 1.04. The summed E-state index contributed by atoms with van der Waals surface area (Å²) < 4.78 is 0. The zero-order valence-electron chi connectivity index (χ0n) is 17.1. The van der Waals surface area contributed by atoms with Crippen LogP contribution in [0.25, 0.3) is 0 Å². The molecule has 0 heterocycles.